The molecule has 1 fully saturated rings. The van der Waals surface area contributed by atoms with Crippen LogP contribution in [0, 0.1) is 0 Å². The van der Waals surface area contributed by atoms with Crippen molar-refractivity contribution >= 4 is 11.4 Å². The minimum Gasteiger partial charge on any atom is -0.280 e. The highest BCUT2D eigenvalue weighted by atomic mass is 15.4. The third kappa shape index (κ3) is 2.50. The first-order valence-corrected chi connectivity index (χ1v) is 12.5. The third-order valence-electron chi connectivity index (χ3n) is 8.83. The van der Waals surface area contributed by atoms with Gasteiger partial charge >= 0.3 is 0 Å². The van der Waals surface area contributed by atoms with E-state index in [9.17, 15) is 0 Å². The molecule has 3 aliphatic carbocycles. The smallest absolute Gasteiger partial charge is 0.0578 e. The van der Waals surface area contributed by atoms with Gasteiger partial charge in [0.25, 0.3) is 0 Å². The summed E-state index contributed by atoms with van der Waals surface area (Å²) in [6.45, 7) is 4.64. The molecular formula is C32H30N2. The Balaban J connectivity index is 1.32. The highest BCUT2D eigenvalue weighted by Crippen LogP contribution is 2.57. The Kier molecular flexibility index (Phi) is 4.03. The van der Waals surface area contributed by atoms with Crippen molar-refractivity contribution in [1.29, 1.82) is 0 Å². The number of fused-ring (bicyclic) bond motifs is 8. The molecular weight excluding hydrogens is 412 g/mol. The van der Waals surface area contributed by atoms with Gasteiger partial charge in [0.2, 0.25) is 0 Å². The summed E-state index contributed by atoms with van der Waals surface area (Å²) < 4.78 is 0. The van der Waals surface area contributed by atoms with Crippen LogP contribution in [0.2, 0.25) is 0 Å². The SMILES string of the molecule is CC1(C)c2ccccc2-c2ccc(N(N)c3ccc4c(c3)C3(CCCC3)c3ccccc3-4)cc21. The number of nitrogens with zero attached hydrogens (tertiary/aromatic N) is 1. The zero-order chi connectivity index (χ0) is 23.1. The van der Waals surface area contributed by atoms with Gasteiger partial charge in [0, 0.05) is 10.8 Å². The molecule has 4 aromatic carbocycles. The second-order valence-corrected chi connectivity index (χ2v) is 10.8. The van der Waals surface area contributed by atoms with Crippen molar-refractivity contribution in [2.75, 3.05) is 5.01 Å². The molecule has 0 heterocycles. The number of rotatable bonds is 2. The minimum atomic E-state index is -0.0315. The van der Waals surface area contributed by atoms with Gasteiger partial charge in [-0.05, 0) is 81.6 Å². The van der Waals surface area contributed by atoms with E-state index in [1.54, 1.807) is 0 Å². The van der Waals surface area contributed by atoms with Crippen molar-refractivity contribution in [3.63, 3.8) is 0 Å². The van der Waals surface area contributed by atoms with E-state index in [0.29, 0.717) is 0 Å². The fourth-order valence-electron chi connectivity index (χ4n) is 7.10. The lowest BCUT2D eigenvalue weighted by Crippen LogP contribution is -2.27. The molecule has 0 aromatic heterocycles. The zero-order valence-corrected chi connectivity index (χ0v) is 19.9. The first kappa shape index (κ1) is 20.1. The second kappa shape index (κ2) is 6.84. The Morgan fingerprint density at radius 2 is 1.09 bits per heavy atom. The Morgan fingerprint density at radius 3 is 1.76 bits per heavy atom. The molecule has 0 aliphatic heterocycles. The second-order valence-electron chi connectivity index (χ2n) is 10.8. The van der Waals surface area contributed by atoms with Crippen LogP contribution in [0.3, 0.4) is 0 Å². The Morgan fingerprint density at radius 1 is 0.588 bits per heavy atom. The van der Waals surface area contributed by atoms with Crippen LogP contribution < -0.4 is 10.9 Å². The van der Waals surface area contributed by atoms with E-state index in [0.717, 1.165) is 11.4 Å². The predicted octanol–water partition coefficient (Wildman–Crippen LogP) is 7.85. The first-order valence-electron chi connectivity index (χ1n) is 12.5. The van der Waals surface area contributed by atoms with Crippen molar-refractivity contribution in [2.45, 2.75) is 50.4 Å². The lowest BCUT2D eigenvalue weighted by atomic mass is 9.76. The highest BCUT2D eigenvalue weighted by molar-refractivity contribution is 5.85. The summed E-state index contributed by atoms with van der Waals surface area (Å²) in [5.74, 6) is 6.82. The molecule has 1 saturated carbocycles. The number of benzene rings is 4. The standard InChI is InChI=1S/C32H30N2/c1-31(2)27-11-5-3-9-23(27)25-15-13-21(19-29(25)31)34(33)22-14-16-26-24-10-4-6-12-28(24)32(30(26)20-22)17-7-8-18-32/h3-6,9-16,19-20H,7-8,17-18,33H2,1-2H3. The number of hydrogen-bond donors (Lipinski definition) is 1. The van der Waals surface area contributed by atoms with Crippen LogP contribution in [0.5, 0.6) is 0 Å². The average molecular weight is 443 g/mol. The average Bonchev–Trinajstić information content (AvgIpc) is 3.53. The van der Waals surface area contributed by atoms with Gasteiger partial charge in [-0.3, -0.25) is 5.01 Å². The maximum absolute atomic E-state index is 6.82. The van der Waals surface area contributed by atoms with Gasteiger partial charge in [-0.2, -0.15) is 0 Å². The van der Waals surface area contributed by atoms with E-state index in [4.69, 9.17) is 5.84 Å². The topological polar surface area (TPSA) is 29.3 Å². The minimum absolute atomic E-state index is 0.0315. The molecule has 2 N–H and O–H groups in total. The molecule has 3 aliphatic rings. The molecule has 0 radical (unpaired) electrons. The molecule has 1 spiro atoms. The maximum Gasteiger partial charge on any atom is 0.0578 e. The van der Waals surface area contributed by atoms with Crippen LogP contribution in [0.25, 0.3) is 22.3 Å². The van der Waals surface area contributed by atoms with E-state index < -0.39 is 0 Å². The van der Waals surface area contributed by atoms with Gasteiger partial charge in [0.1, 0.15) is 0 Å². The fraction of sp³-hybridized carbons (Fsp3) is 0.250. The molecule has 0 saturated heterocycles. The van der Waals surface area contributed by atoms with Gasteiger partial charge in [-0.1, -0.05) is 87.4 Å². The Labute approximate surface area is 202 Å². The van der Waals surface area contributed by atoms with Gasteiger partial charge in [0.15, 0.2) is 0 Å². The summed E-state index contributed by atoms with van der Waals surface area (Å²) in [6, 6.07) is 31.4. The van der Waals surface area contributed by atoms with Crippen molar-refractivity contribution in [1.82, 2.24) is 0 Å². The lowest BCUT2D eigenvalue weighted by Gasteiger charge is -2.28. The Hall–Kier alpha value is -3.36. The summed E-state index contributed by atoms with van der Waals surface area (Å²) in [4.78, 5) is 0. The number of nitrogens with two attached hydrogens (primary N) is 1. The summed E-state index contributed by atoms with van der Waals surface area (Å²) in [5.41, 5.74) is 13.4. The molecule has 0 unspecified atom stereocenters. The molecule has 7 rings (SSSR count). The van der Waals surface area contributed by atoms with Crippen LogP contribution in [0.15, 0.2) is 84.9 Å². The monoisotopic (exact) mass is 442 g/mol. The summed E-state index contributed by atoms with van der Waals surface area (Å²) in [5, 5.41) is 1.88. The normalized spacial score (nSPS) is 17.9. The summed E-state index contributed by atoms with van der Waals surface area (Å²) >= 11 is 0. The van der Waals surface area contributed by atoms with E-state index >= 15 is 0 Å². The van der Waals surface area contributed by atoms with Crippen LogP contribution in [0.4, 0.5) is 11.4 Å². The largest absolute Gasteiger partial charge is 0.280 e. The van der Waals surface area contributed by atoms with Crippen molar-refractivity contribution in [2.24, 2.45) is 5.84 Å². The van der Waals surface area contributed by atoms with Crippen LogP contribution in [-0.4, -0.2) is 0 Å². The summed E-state index contributed by atoms with van der Waals surface area (Å²) in [6.07, 6.45) is 5.06. The highest BCUT2D eigenvalue weighted by Gasteiger charge is 2.45. The fourth-order valence-corrected chi connectivity index (χ4v) is 7.10. The molecule has 168 valence electrons. The van der Waals surface area contributed by atoms with Gasteiger partial charge < -0.3 is 0 Å². The van der Waals surface area contributed by atoms with E-state index in [2.05, 4.69) is 98.8 Å². The lowest BCUT2D eigenvalue weighted by molar-refractivity contribution is 0.550. The zero-order valence-electron chi connectivity index (χ0n) is 19.9. The molecule has 0 amide bonds. The molecule has 4 aromatic rings. The van der Waals surface area contributed by atoms with Crippen molar-refractivity contribution in [3.8, 4) is 22.3 Å². The molecule has 34 heavy (non-hydrogen) atoms. The first-order chi connectivity index (χ1) is 16.5. The van der Waals surface area contributed by atoms with Crippen molar-refractivity contribution < 1.29 is 0 Å². The quantitative estimate of drug-likeness (QED) is 0.253. The maximum atomic E-state index is 6.82. The molecule has 2 nitrogen and oxygen atoms in total. The van der Waals surface area contributed by atoms with E-state index in [1.165, 1.54) is 70.2 Å². The number of anilines is 2. The molecule has 0 bridgehead atoms. The van der Waals surface area contributed by atoms with E-state index in [-0.39, 0.29) is 10.8 Å². The summed E-state index contributed by atoms with van der Waals surface area (Å²) in [7, 11) is 0. The Bertz CT molecular complexity index is 1460. The van der Waals surface area contributed by atoms with Crippen LogP contribution in [-0.2, 0) is 10.8 Å². The van der Waals surface area contributed by atoms with Gasteiger partial charge in [-0.15, -0.1) is 0 Å². The van der Waals surface area contributed by atoms with Crippen LogP contribution >= 0.6 is 0 Å². The molecule has 2 heteroatoms. The third-order valence-corrected chi connectivity index (χ3v) is 8.83. The van der Waals surface area contributed by atoms with Gasteiger partial charge in [0.05, 0.1) is 11.4 Å². The number of hydrazine groups is 1. The predicted molar refractivity (Wildman–Crippen MR) is 141 cm³/mol. The van der Waals surface area contributed by atoms with Crippen LogP contribution in [0.1, 0.15) is 61.8 Å². The number of hydrogen-bond acceptors (Lipinski definition) is 2. The van der Waals surface area contributed by atoms with Gasteiger partial charge in [-0.25, -0.2) is 5.84 Å². The van der Waals surface area contributed by atoms with Crippen molar-refractivity contribution in [3.05, 3.63) is 107 Å². The molecule has 0 atom stereocenters. The van der Waals surface area contributed by atoms with E-state index in [1.807, 2.05) is 5.01 Å².